The number of hydrogen-bond donors (Lipinski definition) is 0. The highest BCUT2D eigenvalue weighted by Gasteiger charge is 2.21. The highest BCUT2D eigenvalue weighted by Crippen LogP contribution is 2.18. The molecule has 5 heteroatoms. The molecule has 0 atom stereocenters. The normalized spacial score (nSPS) is 15.7. The maximum absolute atomic E-state index is 13.2. The summed E-state index contributed by atoms with van der Waals surface area (Å²) < 4.78 is 13.5. The van der Waals surface area contributed by atoms with E-state index in [4.69, 9.17) is 4.84 Å². The van der Waals surface area contributed by atoms with Crippen LogP contribution in [0.2, 0.25) is 0 Å². The van der Waals surface area contributed by atoms with Gasteiger partial charge in [-0.05, 0) is 40.5 Å². The van der Waals surface area contributed by atoms with E-state index in [0.29, 0.717) is 23.2 Å². The molecule has 15 heavy (non-hydrogen) atoms. The van der Waals surface area contributed by atoms with E-state index in [1.807, 2.05) is 0 Å². The zero-order valence-corrected chi connectivity index (χ0v) is 9.46. The SMILES string of the molecule is O=C(c1ccc(Br)c(F)c1)N1CCCO1. The Morgan fingerprint density at radius 2 is 2.33 bits per heavy atom. The summed E-state index contributed by atoms with van der Waals surface area (Å²) in [6, 6.07) is 4.28. The second-order valence-electron chi connectivity index (χ2n) is 3.22. The van der Waals surface area contributed by atoms with Gasteiger partial charge in [0.25, 0.3) is 5.91 Å². The average Bonchev–Trinajstić information content (AvgIpc) is 2.74. The molecule has 1 aliphatic heterocycles. The Morgan fingerprint density at radius 1 is 1.53 bits per heavy atom. The van der Waals surface area contributed by atoms with Crippen LogP contribution in [0.4, 0.5) is 4.39 Å². The van der Waals surface area contributed by atoms with Crippen LogP contribution < -0.4 is 0 Å². The Bertz CT molecular complexity index is 391. The molecular weight excluding hydrogens is 265 g/mol. The Kier molecular flexibility index (Phi) is 3.02. The minimum atomic E-state index is -0.444. The second-order valence-corrected chi connectivity index (χ2v) is 4.08. The lowest BCUT2D eigenvalue weighted by Gasteiger charge is -2.13. The standard InChI is InChI=1S/C10H9BrFNO2/c11-8-3-2-7(6-9(8)12)10(14)13-4-1-5-15-13/h2-3,6H,1,4-5H2. The van der Waals surface area contributed by atoms with Crippen molar-refractivity contribution >= 4 is 21.8 Å². The van der Waals surface area contributed by atoms with Gasteiger partial charge in [0.05, 0.1) is 17.6 Å². The van der Waals surface area contributed by atoms with E-state index in [1.54, 1.807) is 6.07 Å². The third-order valence-corrected chi connectivity index (χ3v) is 2.79. The summed E-state index contributed by atoms with van der Waals surface area (Å²) in [6.45, 7) is 1.11. The Labute approximate surface area is 94.9 Å². The van der Waals surface area contributed by atoms with Gasteiger partial charge in [0.1, 0.15) is 5.82 Å². The summed E-state index contributed by atoms with van der Waals surface area (Å²) in [5.41, 5.74) is 0.303. The number of hydroxylamine groups is 2. The first kappa shape index (κ1) is 10.6. The van der Waals surface area contributed by atoms with E-state index in [0.717, 1.165) is 6.42 Å². The number of halogens is 2. The third-order valence-electron chi connectivity index (χ3n) is 2.15. The lowest BCUT2D eigenvalue weighted by atomic mass is 10.2. The van der Waals surface area contributed by atoms with Crippen LogP contribution in [0.5, 0.6) is 0 Å². The molecule has 1 amide bonds. The second kappa shape index (κ2) is 4.28. The quantitative estimate of drug-likeness (QED) is 0.786. The molecule has 0 saturated carbocycles. The average molecular weight is 274 g/mol. The third kappa shape index (κ3) is 2.18. The number of nitrogens with zero attached hydrogens (tertiary/aromatic N) is 1. The zero-order chi connectivity index (χ0) is 10.8. The van der Waals surface area contributed by atoms with Crippen LogP contribution >= 0.6 is 15.9 Å². The lowest BCUT2D eigenvalue weighted by molar-refractivity contribution is -0.0768. The zero-order valence-electron chi connectivity index (χ0n) is 7.87. The van der Waals surface area contributed by atoms with Crippen LogP contribution in [0.3, 0.4) is 0 Å². The van der Waals surface area contributed by atoms with Crippen LogP contribution in [-0.4, -0.2) is 24.1 Å². The number of hydrogen-bond acceptors (Lipinski definition) is 2. The van der Waals surface area contributed by atoms with Gasteiger partial charge in [-0.3, -0.25) is 9.63 Å². The Hall–Kier alpha value is -0.940. The van der Waals surface area contributed by atoms with Gasteiger partial charge in [-0.15, -0.1) is 0 Å². The lowest BCUT2D eigenvalue weighted by Crippen LogP contribution is -2.26. The van der Waals surface area contributed by atoms with Gasteiger partial charge in [-0.1, -0.05) is 0 Å². The Morgan fingerprint density at radius 3 is 2.93 bits per heavy atom. The molecule has 0 aliphatic carbocycles. The number of carbonyl (C=O) groups is 1. The van der Waals surface area contributed by atoms with Crippen LogP contribution in [0.25, 0.3) is 0 Å². The van der Waals surface area contributed by atoms with Gasteiger partial charge in [0.15, 0.2) is 0 Å². The van der Waals surface area contributed by atoms with Gasteiger partial charge in [-0.2, -0.15) is 0 Å². The van der Waals surface area contributed by atoms with E-state index >= 15 is 0 Å². The predicted molar refractivity (Wildman–Crippen MR) is 55.7 cm³/mol. The maximum atomic E-state index is 13.2. The predicted octanol–water partition coefficient (Wildman–Crippen LogP) is 2.37. The minimum absolute atomic E-state index is 0.293. The van der Waals surface area contributed by atoms with Crippen LogP contribution in [0.15, 0.2) is 22.7 Å². The summed E-state index contributed by atoms with van der Waals surface area (Å²) in [7, 11) is 0. The van der Waals surface area contributed by atoms with Crippen molar-refractivity contribution in [2.24, 2.45) is 0 Å². The number of rotatable bonds is 1. The van der Waals surface area contributed by atoms with Gasteiger partial charge in [0.2, 0.25) is 0 Å². The van der Waals surface area contributed by atoms with Crippen molar-refractivity contribution in [3.63, 3.8) is 0 Å². The highest BCUT2D eigenvalue weighted by atomic mass is 79.9. The van der Waals surface area contributed by atoms with Crippen molar-refractivity contribution in [2.75, 3.05) is 13.2 Å². The Balaban J connectivity index is 2.21. The molecule has 0 N–H and O–H groups in total. The number of carbonyl (C=O) groups excluding carboxylic acids is 1. The summed E-state index contributed by atoms with van der Waals surface area (Å²) >= 11 is 3.03. The molecule has 80 valence electrons. The fourth-order valence-corrected chi connectivity index (χ4v) is 1.63. The van der Waals surface area contributed by atoms with E-state index in [-0.39, 0.29) is 5.91 Å². The highest BCUT2D eigenvalue weighted by molar-refractivity contribution is 9.10. The topological polar surface area (TPSA) is 29.5 Å². The summed E-state index contributed by atoms with van der Waals surface area (Å²) in [4.78, 5) is 16.8. The molecule has 1 saturated heterocycles. The van der Waals surface area contributed by atoms with Gasteiger partial charge >= 0.3 is 0 Å². The molecule has 0 radical (unpaired) electrons. The van der Waals surface area contributed by atoms with E-state index in [9.17, 15) is 9.18 Å². The fourth-order valence-electron chi connectivity index (χ4n) is 1.38. The molecule has 1 aromatic carbocycles. The molecule has 1 aliphatic rings. The summed E-state index contributed by atoms with van der Waals surface area (Å²) in [6.07, 6.45) is 0.824. The van der Waals surface area contributed by atoms with Crippen molar-refractivity contribution in [3.05, 3.63) is 34.1 Å². The molecule has 2 rings (SSSR count). The molecule has 3 nitrogen and oxygen atoms in total. The van der Waals surface area contributed by atoms with E-state index < -0.39 is 5.82 Å². The van der Waals surface area contributed by atoms with E-state index in [1.165, 1.54) is 17.2 Å². The maximum Gasteiger partial charge on any atom is 0.277 e. The number of benzene rings is 1. The molecule has 1 aromatic rings. The van der Waals surface area contributed by atoms with Crippen molar-refractivity contribution in [1.82, 2.24) is 5.06 Å². The molecule has 0 unspecified atom stereocenters. The molecule has 1 fully saturated rings. The van der Waals surface area contributed by atoms with Gasteiger partial charge in [-0.25, -0.2) is 9.45 Å². The van der Waals surface area contributed by atoms with Crippen molar-refractivity contribution in [2.45, 2.75) is 6.42 Å². The molecule has 0 spiro atoms. The first-order valence-electron chi connectivity index (χ1n) is 4.58. The van der Waals surface area contributed by atoms with Gasteiger partial charge in [0, 0.05) is 5.56 Å². The minimum Gasteiger partial charge on any atom is -0.271 e. The summed E-state index contributed by atoms with van der Waals surface area (Å²) in [5.74, 6) is -0.737. The van der Waals surface area contributed by atoms with Crippen LogP contribution in [0.1, 0.15) is 16.8 Å². The molecule has 0 bridgehead atoms. The first-order valence-corrected chi connectivity index (χ1v) is 5.37. The summed E-state index contributed by atoms with van der Waals surface area (Å²) in [5, 5.41) is 1.27. The largest absolute Gasteiger partial charge is 0.277 e. The fraction of sp³-hybridized carbons (Fsp3) is 0.300. The molecule has 0 aromatic heterocycles. The van der Waals surface area contributed by atoms with Crippen LogP contribution in [0, 0.1) is 5.82 Å². The first-order chi connectivity index (χ1) is 7.18. The van der Waals surface area contributed by atoms with E-state index in [2.05, 4.69) is 15.9 Å². The van der Waals surface area contributed by atoms with Crippen LogP contribution in [-0.2, 0) is 4.84 Å². The van der Waals surface area contributed by atoms with Crippen molar-refractivity contribution in [1.29, 1.82) is 0 Å². The number of amides is 1. The monoisotopic (exact) mass is 273 g/mol. The van der Waals surface area contributed by atoms with Gasteiger partial charge < -0.3 is 0 Å². The smallest absolute Gasteiger partial charge is 0.271 e. The molecular formula is C10H9BrFNO2. The molecule has 1 heterocycles. The van der Waals surface area contributed by atoms with Crippen molar-refractivity contribution in [3.8, 4) is 0 Å². The van der Waals surface area contributed by atoms with Crippen molar-refractivity contribution < 1.29 is 14.0 Å².